The molecule has 0 heterocycles. The summed E-state index contributed by atoms with van der Waals surface area (Å²) in [7, 11) is 1.40. The van der Waals surface area contributed by atoms with Crippen LogP contribution in [0, 0.1) is 11.8 Å². The Hall–Kier alpha value is -1.91. The molecule has 0 radical (unpaired) electrons. The number of rotatable bonds is 13. The van der Waals surface area contributed by atoms with Crippen molar-refractivity contribution in [2.75, 3.05) is 7.11 Å². The van der Waals surface area contributed by atoms with Gasteiger partial charge in [-0.15, -0.1) is 0 Å². The molecule has 1 saturated carbocycles. The topological polar surface area (TPSA) is 69.7 Å². The molecule has 0 bridgehead atoms. The van der Waals surface area contributed by atoms with Gasteiger partial charge >= 0.3 is 11.9 Å². The number of hydrogen-bond acceptors (Lipinski definition) is 5. The van der Waals surface area contributed by atoms with Crippen LogP contribution in [-0.2, 0) is 23.9 Å². The first-order valence-corrected chi connectivity index (χ1v) is 10.6. The largest absolute Gasteiger partial charge is 0.469 e. The van der Waals surface area contributed by atoms with Gasteiger partial charge in [-0.1, -0.05) is 38.0 Å². The average Bonchev–Trinajstić information content (AvgIpc) is 3.01. The van der Waals surface area contributed by atoms with Crippen molar-refractivity contribution in [2.24, 2.45) is 11.8 Å². The molecule has 0 aliphatic heterocycles. The van der Waals surface area contributed by atoms with Gasteiger partial charge in [-0.3, -0.25) is 14.4 Å². The second-order valence-corrected chi connectivity index (χ2v) is 7.48. The van der Waals surface area contributed by atoms with Crippen molar-refractivity contribution >= 4 is 17.7 Å². The maximum Gasteiger partial charge on any atom is 0.305 e. The molecule has 3 atom stereocenters. The summed E-state index contributed by atoms with van der Waals surface area (Å²) in [5.41, 5.74) is 0. The molecule has 1 rings (SSSR count). The molecule has 0 aromatic rings. The lowest BCUT2D eigenvalue weighted by atomic mass is 9.91. The van der Waals surface area contributed by atoms with Gasteiger partial charge in [0.1, 0.15) is 11.9 Å². The number of carbonyl (C=O) groups is 3. The Kier molecular flexibility index (Phi) is 12.2. The number of Topliss-reactive ketones (excluding diaryl/α,β-unsaturated/α-hetero) is 1. The Labute approximate surface area is 169 Å². The fourth-order valence-corrected chi connectivity index (χ4v) is 3.57. The normalized spacial score (nSPS) is 20.8. The molecule has 5 nitrogen and oxygen atoms in total. The zero-order chi connectivity index (χ0) is 20.8. The van der Waals surface area contributed by atoms with Crippen LogP contribution in [0.2, 0.25) is 0 Å². The van der Waals surface area contributed by atoms with Crippen LogP contribution in [0.15, 0.2) is 24.3 Å². The molecule has 0 N–H and O–H groups in total. The van der Waals surface area contributed by atoms with Crippen molar-refractivity contribution < 1.29 is 23.9 Å². The third-order valence-electron chi connectivity index (χ3n) is 5.17. The van der Waals surface area contributed by atoms with E-state index in [1.54, 1.807) is 0 Å². The summed E-state index contributed by atoms with van der Waals surface area (Å²) in [6.45, 7) is 3.59. The number of esters is 2. The van der Waals surface area contributed by atoms with Crippen LogP contribution in [0.1, 0.15) is 78.1 Å². The number of ether oxygens (including phenoxy) is 2. The van der Waals surface area contributed by atoms with E-state index in [2.05, 4.69) is 23.8 Å². The van der Waals surface area contributed by atoms with Gasteiger partial charge in [0.15, 0.2) is 0 Å². The molecule has 0 aromatic carbocycles. The number of hydrogen-bond donors (Lipinski definition) is 0. The minimum atomic E-state index is -0.264. The molecule has 1 aliphatic carbocycles. The lowest BCUT2D eigenvalue weighted by molar-refractivity contribution is -0.144. The fraction of sp³-hybridized carbons (Fsp3) is 0.696. The van der Waals surface area contributed by atoms with E-state index in [0.717, 1.165) is 51.4 Å². The number of unbranched alkanes of at least 4 members (excludes halogenated alkanes) is 3. The molecule has 5 heteroatoms. The fourth-order valence-electron chi connectivity index (χ4n) is 3.57. The Balaban J connectivity index is 2.52. The summed E-state index contributed by atoms with van der Waals surface area (Å²) in [6.07, 6.45) is 16.2. The van der Waals surface area contributed by atoms with Crippen LogP contribution in [0.5, 0.6) is 0 Å². The number of carbonyl (C=O) groups excluding carboxylic acids is 3. The van der Waals surface area contributed by atoms with Gasteiger partial charge in [0.05, 0.1) is 7.11 Å². The van der Waals surface area contributed by atoms with E-state index in [1.165, 1.54) is 14.0 Å². The van der Waals surface area contributed by atoms with Crippen LogP contribution >= 0.6 is 0 Å². The molecule has 28 heavy (non-hydrogen) atoms. The molecular formula is C23H36O5. The van der Waals surface area contributed by atoms with Crippen molar-refractivity contribution in [3.8, 4) is 0 Å². The molecular weight excluding hydrogens is 356 g/mol. The predicted octanol–water partition coefficient (Wildman–Crippen LogP) is 4.94. The third kappa shape index (κ3) is 9.86. The first kappa shape index (κ1) is 24.1. The predicted molar refractivity (Wildman–Crippen MR) is 110 cm³/mol. The van der Waals surface area contributed by atoms with E-state index in [9.17, 15) is 14.4 Å². The Morgan fingerprint density at radius 3 is 2.68 bits per heavy atom. The van der Waals surface area contributed by atoms with E-state index < -0.39 is 0 Å². The number of ketones is 1. The molecule has 0 saturated heterocycles. The number of methoxy groups -OCH3 is 1. The van der Waals surface area contributed by atoms with Crippen LogP contribution in [0.25, 0.3) is 0 Å². The van der Waals surface area contributed by atoms with Gasteiger partial charge < -0.3 is 9.47 Å². The lowest BCUT2D eigenvalue weighted by Crippen LogP contribution is -2.16. The quantitative estimate of drug-likeness (QED) is 0.252. The summed E-state index contributed by atoms with van der Waals surface area (Å²) in [5, 5.41) is 0. The highest BCUT2D eigenvalue weighted by atomic mass is 16.5. The molecule has 3 unspecified atom stereocenters. The van der Waals surface area contributed by atoms with Gasteiger partial charge in [-0.05, 0) is 50.5 Å². The summed E-state index contributed by atoms with van der Waals surface area (Å²) >= 11 is 0. The maximum atomic E-state index is 12.3. The van der Waals surface area contributed by atoms with Crippen LogP contribution < -0.4 is 0 Å². The van der Waals surface area contributed by atoms with Gasteiger partial charge in [0.2, 0.25) is 0 Å². The van der Waals surface area contributed by atoms with Crippen LogP contribution in [-0.4, -0.2) is 30.9 Å². The molecule has 1 aliphatic rings. The average molecular weight is 393 g/mol. The van der Waals surface area contributed by atoms with E-state index in [-0.39, 0.29) is 29.9 Å². The minimum absolute atomic E-state index is 0.00160. The molecule has 1 fully saturated rings. The SMILES string of the molecule is CCCCCC(C=CC1CCC(=O)C1CC=CCCCC(=O)OC)OC(C)=O. The smallest absolute Gasteiger partial charge is 0.305 e. The Bertz CT molecular complexity index is 549. The third-order valence-corrected chi connectivity index (χ3v) is 5.17. The van der Waals surface area contributed by atoms with Crippen molar-refractivity contribution in [3.63, 3.8) is 0 Å². The van der Waals surface area contributed by atoms with Gasteiger partial charge in [-0.25, -0.2) is 0 Å². The van der Waals surface area contributed by atoms with Gasteiger partial charge in [0.25, 0.3) is 0 Å². The van der Waals surface area contributed by atoms with Crippen LogP contribution in [0.4, 0.5) is 0 Å². The van der Waals surface area contributed by atoms with Crippen molar-refractivity contribution in [1.29, 1.82) is 0 Å². The first-order chi connectivity index (χ1) is 13.5. The number of allylic oxidation sites excluding steroid dienone is 3. The summed E-state index contributed by atoms with van der Waals surface area (Å²) in [4.78, 5) is 34.7. The minimum Gasteiger partial charge on any atom is -0.469 e. The van der Waals surface area contributed by atoms with Gasteiger partial charge in [0, 0.05) is 25.7 Å². The van der Waals surface area contributed by atoms with Crippen LogP contribution in [0.3, 0.4) is 0 Å². The Morgan fingerprint density at radius 2 is 2.00 bits per heavy atom. The molecule has 0 spiro atoms. The van der Waals surface area contributed by atoms with Crippen molar-refractivity contribution in [2.45, 2.75) is 84.2 Å². The molecule has 158 valence electrons. The van der Waals surface area contributed by atoms with Gasteiger partial charge in [-0.2, -0.15) is 0 Å². The second kappa shape index (κ2) is 14.1. The second-order valence-electron chi connectivity index (χ2n) is 7.48. The summed E-state index contributed by atoms with van der Waals surface area (Å²) in [6, 6.07) is 0. The van der Waals surface area contributed by atoms with Crippen molar-refractivity contribution in [1.82, 2.24) is 0 Å². The molecule has 0 aromatic heterocycles. The highest BCUT2D eigenvalue weighted by Gasteiger charge is 2.32. The lowest BCUT2D eigenvalue weighted by Gasteiger charge is -2.16. The highest BCUT2D eigenvalue weighted by molar-refractivity contribution is 5.83. The van der Waals surface area contributed by atoms with E-state index >= 15 is 0 Å². The zero-order valence-corrected chi connectivity index (χ0v) is 17.7. The summed E-state index contributed by atoms with van der Waals surface area (Å²) < 4.78 is 10.0. The summed E-state index contributed by atoms with van der Waals surface area (Å²) in [5.74, 6) is 0.0630. The van der Waals surface area contributed by atoms with Crippen molar-refractivity contribution in [3.05, 3.63) is 24.3 Å². The molecule has 0 amide bonds. The maximum absolute atomic E-state index is 12.3. The van der Waals surface area contributed by atoms with E-state index in [1.807, 2.05) is 12.2 Å². The highest BCUT2D eigenvalue weighted by Crippen LogP contribution is 2.33. The monoisotopic (exact) mass is 392 g/mol. The van der Waals surface area contributed by atoms with E-state index in [0.29, 0.717) is 18.6 Å². The Morgan fingerprint density at radius 1 is 1.21 bits per heavy atom. The standard InChI is InChI=1S/C23H36O5/c1-4-5-8-11-20(28-18(2)24)16-14-19-15-17-22(25)21(19)12-9-6-7-10-13-23(26)27-3/h6,9,14,16,19-21H,4-5,7-8,10-13,15,17H2,1-3H3. The van der Waals surface area contributed by atoms with E-state index in [4.69, 9.17) is 4.74 Å². The zero-order valence-electron chi connectivity index (χ0n) is 17.7. The first-order valence-electron chi connectivity index (χ1n) is 10.6.